The van der Waals surface area contributed by atoms with Gasteiger partial charge in [-0.05, 0) is 0 Å². The molecule has 0 spiro atoms. The predicted molar refractivity (Wildman–Crippen MR) is 95.7 cm³/mol. The molecule has 0 fully saturated rings. The van der Waals surface area contributed by atoms with Crippen molar-refractivity contribution < 1.29 is 25.7 Å². The molecule has 2 rings (SSSR count). The van der Waals surface area contributed by atoms with Crippen LogP contribution in [0.2, 0.25) is 11.6 Å². The van der Waals surface area contributed by atoms with Crippen molar-refractivity contribution in [3.8, 4) is 0 Å². The third-order valence-electron chi connectivity index (χ3n) is 2.74. The van der Waals surface area contributed by atoms with Crippen LogP contribution in [0.4, 0.5) is 17.3 Å². The van der Waals surface area contributed by atoms with Gasteiger partial charge < -0.3 is 17.3 Å². The second-order valence-electron chi connectivity index (χ2n) is 5.04. The second kappa shape index (κ2) is 9.22. The smallest absolute Gasteiger partial charge is 0.418 e. The Bertz CT molecular complexity index is 786. The third kappa shape index (κ3) is 7.90. The van der Waals surface area contributed by atoms with Crippen LogP contribution in [0.5, 0.6) is 0 Å². The monoisotopic (exact) mass is 440 g/mol. The topological polar surface area (TPSA) is 34.1 Å². The van der Waals surface area contributed by atoms with Crippen LogP contribution < -0.4 is 0 Å². The zero-order valence-electron chi connectivity index (χ0n) is 13.6. The normalized spacial score (nSPS) is 12.5. The molecule has 0 aliphatic heterocycles. The molecule has 0 unspecified atom stereocenters. The van der Waals surface area contributed by atoms with E-state index in [1.807, 2.05) is 41.4 Å². The molecule has 2 aromatic carbocycles. The van der Waals surface area contributed by atoms with Crippen LogP contribution in [-0.4, -0.2) is 29.6 Å². The molecule has 2 aromatic rings. The number of hydrogen-bond acceptors (Lipinski definition) is 2. The standard InChI is InChI=1S/C16H17O2SSe.BF4/c1-20(2)13-16(14-9-5-3-6-10-14)19(17,18)15-11-7-4-8-12-15;2-1(3,4)5/h3-13H,1-2H3;/q+1;-1/b16-13-;. The maximum absolute atomic E-state index is 12.8. The molecule has 0 aliphatic carbocycles. The van der Waals surface area contributed by atoms with Crippen molar-refractivity contribution in [3.05, 3.63) is 71.2 Å². The fourth-order valence-corrected chi connectivity index (χ4v) is 6.15. The van der Waals surface area contributed by atoms with Crippen molar-refractivity contribution in [2.24, 2.45) is 0 Å². The quantitative estimate of drug-likeness (QED) is 0.491. The molecule has 0 atom stereocenters. The largest absolute Gasteiger partial charge is 0.673 e. The fourth-order valence-electron chi connectivity index (χ4n) is 1.83. The second-order valence-corrected chi connectivity index (χ2v) is 11.1. The Morgan fingerprint density at radius 1 is 0.880 bits per heavy atom. The first-order valence-corrected chi connectivity index (χ1v) is 12.9. The zero-order chi connectivity index (χ0) is 19.1. The number of hydrogen-bond donors (Lipinski definition) is 0. The van der Waals surface area contributed by atoms with Crippen LogP contribution in [0.15, 0.2) is 70.5 Å². The first-order chi connectivity index (χ1) is 11.5. The van der Waals surface area contributed by atoms with E-state index in [0.29, 0.717) is 9.80 Å². The Kier molecular flexibility index (Phi) is 7.92. The van der Waals surface area contributed by atoms with Crippen LogP contribution in [0, 0.1) is 0 Å². The molecule has 9 heteroatoms. The van der Waals surface area contributed by atoms with Gasteiger partial charge in [-0.2, -0.15) is 0 Å². The molecule has 25 heavy (non-hydrogen) atoms. The maximum Gasteiger partial charge on any atom is 0.673 e. The summed E-state index contributed by atoms with van der Waals surface area (Å²) in [5, 5.41) is 0. The summed E-state index contributed by atoms with van der Waals surface area (Å²) in [6, 6.07) is 17.9. The molecule has 136 valence electrons. The first kappa shape index (κ1) is 21.5. The molecule has 0 radical (unpaired) electrons. The van der Waals surface area contributed by atoms with Gasteiger partial charge in [0.1, 0.15) is 0 Å². The van der Waals surface area contributed by atoms with Crippen molar-refractivity contribution in [2.45, 2.75) is 16.5 Å². The van der Waals surface area contributed by atoms with Gasteiger partial charge in [0.2, 0.25) is 0 Å². The van der Waals surface area contributed by atoms with Crippen LogP contribution in [0.3, 0.4) is 0 Å². The van der Waals surface area contributed by atoms with E-state index in [1.54, 1.807) is 24.3 Å². The average Bonchev–Trinajstić information content (AvgIpc) is 2.52. The number of rotatable bonds is 4. The molecule has 2 nitrogen and oxygen atoms in total. The molecular formula is C16H17BF4O2SSe. The number of halogens is 4. The molecule has 0 saturated carbocycles. The summed E-state index contributed by atoms with van der Waals surface area (Å²) < 4.78 is 64.6. The fraction of sp³-hybridized carbons (Fsp3) is 0.125. The third-order valence-corrected chi connectivity index (χ3v) is 6.39. The van der Waals surface area contributed by atoms with E-state index in [-0.39, 0.29) is 0 Å². The average molecular weight is 439 g/mol. The minimum atomic E-state index is -6.00. The number of sulfone groups is 1. The Morgan fingerprint density at radius 2 is 1.28 bits per heavy atom. The Morgan fingerprint density at radius 3 is 1.68 bits per heavy atom. The predicted octanol–water partition coefficient (Wildman–Crippen LogP) is 5.10. The molecular weight excluding hydrogens is 422 g/mol. The van der Waals surface area contributed by atoms with E-state index in [2.05, 4.69) is 11.6 Å². The van der Waals surface area contributed by atoms with Gasteiger partial charge in [-0.15, -0.1) is 0 Å². The molecule has 0 aliphatic rings. The molecule has 0 bridgehead atoms. The van der Waals surface area contributed by atoms with Crippen LogP contribution >= 0.6 is 0 Å². The van der Waals surface area contributed by atoms with Gasteiger partial charge >= 0.3 is 132 Å². The summed E-state index contributed by atoms with van der Waals surface area (Å²) in [6.45, 7) is 0. The van der Waals surface area contributed by atoms with Crippen molar-refractivity contribution in [3.63, 3.8) is 0 Å². The van der Waals surface area contributed by atoms with Crippen molar-refractivity contribution in [1.29, 1.82) is 0 Å². The van der Waals surface area contributed by atoms with E-state index in [0.717, 1.165) is 5.56 Å². The van der Waals surface area contributed by atoms with E-state index >= 15 is 0 Å². The van der Waals surface area contributed by atoms with E-state index in [1.165, 1.54) is 0 Å². The van der Waals surface area contributed by atoms with Crippen LogP contribution in [0.25, 0.3) is 4.91 Å². The van der Waals surface area contributed by atoms with Crippen LogP contribution in [0.1, 0.15) is 5.56 Å². The molecule has 0 saturated heterocycles. The summed E-state index contributed by atoms with van der Waals surface area (Å²) in [5.74, 6) is 4.20. The molecule has 0 heterocycles. The Labute approximate surface area is 149 Å². The minimum Gasteiger partial charge on any atom is -0.418 e. The van der Waals surface area contributed by atoms with Crippen LogP contribution in [-0.2, 0) is 9.84 Å². The van der Waals surface area contributed by atoms with E-state index in [9.17, 15) is 25.7 Å². The van der Waals surface area contributed by atoms with Gasteiger partial charge in [-0.1, -0.05) is 0 Å². The van der Waals surface area contributed by atoms with Crippen molar-refractivity contribution in [1.82, 2.24) is 0 Å². The summed E-state index contributed by atoms with van der Waals surface area (Å²) in [4.78, 5) is 2.71. The van der Waals surface area contributed by atoms with E-state index < -0.39 is 31.0 Å². The van der Waals surface area contributed by atoms with Gasteiger partial charge in [0.05, 0.1) is 0 Å². The van der Waals surface area contributed by atoms with Gasteiger partial charge in [0.15, 0.2) is 0 Å². The first-order valence-electron chi connectivity index (χ1n) is 7.03. The van der Waals surface area contributed by atoms with E-state index in [4.69, 9.17) is 0 Å². The Hall–Kier alpha value is -1.57. The molecule has 0 N–H and O–H groups in total. The zero-order valence-corrected chi connectivity index (χ0v) is 16.1. The molecule has 0 amide bonds. The van der Waals surface area contributed by atoms with Gasteiger partial charge in [-0.25, -0.2) is 0 Å². The maximum atomic E-state index is 12.8. The summed E-state index contributed by atoms with van der Waals surface area (Å²) in [5.41, 5.74) is 0.758. The SMILES string of the molecule is C[Se+](C)/C=C(/c1ccccc1)S(=O)(=O)c1ccccc1.F[B-](F)(F)F. The van der Waals surface area contributed by atoms with Gasteiger partial charge in [0, 0.05) is 0 Å². The van der Waals surface area contributed by atoms with Gasteiger partial charge in [-0.3, -0.25) is 0 Å². The summed E-state index contributed by atoms with van der Waals surface area (Å²) in [7, 11) is -9.46. The van der Waals surface area contributed by atoms with Crippen molar-refractivity contribution in [2.75, 3.05) is 0 Å². The Balaban J connectivity index is 0.000000550. The number of benzene rings is 2. The summed E-state index contributed by atoms with van der Waals surface area (Å²) >= 11 is -1.03. The van der Waals surface area contributed by atoms with Crippen molar-refractivity contribution >= 4 is 35.9 Å². The van der Waals surface area contributed by atoms with Gasteiger partial charge in [0.25, 0.3) is 0 Å². The summed E-state index contributed by atoms with van der Waals surface area (Å²) in [6.07, 6.45) is 0. The minimum absolute atomic E-state index is 0.349. The molecule has 0 aromatic heterocycles.